The van der Waals surface area contributed by atoms with Crippen molar-refractivity contribution in [2.75, 3.05) is 0 Å². The maximum absolute atomic E-state index is 11.2. The van der Waals surface area contributed by atoms with Crippen molar-refractivity contribution < 1.29 is 4.79 Å². The molecule has 0 saturated heterocycles. The number of rotatable bonds is 3. The summed E-state index contributed by atoms with van der Waals surface area (Å²) in [7, 11) is 0. The van der Waals surface area contributed by atoms with Crippen LogP contribution in [0.4, 0.5) is 0 Å². The van der Waals surface area contributed by atoms with Crippen molar-refractivity contribution in [3.63, 3.8) is 0 Å². The van der Waals surface area contributed by atoms with E-state index in [0.717, 1.165) is 14.7 Å². The SMILES string of the molecule is CC(=O)C(Br)c1cc(CCl)ccc1I. The van der Waals surface area contributed by atoms with E-state index in [1.54, 1.807) is 6.92 Å². The maximum Gasteiger partial charge on any atom is 0.147 e. The van der Waals surface area contributed by atoms with Gasteiger partial charge >= 0.3 is 0 Å². The van der Waals surface area contributed by atoms with Crippen LogP contribution in [0.3, 0.4) is 0 Å². The van der Waals surface area contributed by atoms with Gasteiger partial charge in [-0.25, -0.2) is 0 Å². The highest BCUT2D eigenvalue weighted by Gasteiger charge is 2.15. The van der Waals surface area contributed by atoms with Gasteiger partial charge in [0.2, 0.25) is 0 Å². The number of Topliss-reactive ketones (excluding diaryl/α,β-unsaturated/α-hetero) is 1. The zero-order valence-corrected chi connectivity index (χ0v) is 12.1. The first-order valence-electron chi connectivity index (χ1n) is 4.05. The van der Waals surface area contributed by atoms with Crippen molar-refractivity contribution >= 4 is 55.9 Å². The predicted octanol–water partition coefficient (Wildman–Crippen LogP) is 4.06. The monoisotopic (exact) mass is 386 g/mol. The molecule has 0 amide bonds. The Labute approximate surface area is 110 Å². The molecule has 0 bridgehead atoms. The Morgan fingerprint density at radius 2 is 2.29 bits per heavy atom. The standard InChI is InChI=1S/C10H9BrClIO/c1-6(14)10(11)8-4-7(5-12)2-3-9(8)13/h2-4,10H,5H2,1H3. The minimum Gasteiger partial charge on any atom is -0.298 e. The van der Waals surface area contributed by atoms with Gasteiger partial charge < -0.3 is 0 Å². The summed E-state index contributed by atoms with van der Waals surface area (Å²) in [6, 6.07) is 5.92. The van der Waals surface area contributed by atoms with Gasteiger partial charge in [0.25, 0.3) is 0 Å². The van der Waals surface area contributed by atoms with E-state index in [-0.39, 0.29) is 10.6 Å². The van der Waals surface area contributed by atoms with Gasteiger partial charge in [0, 0.05) is 9.45 Å². The van der Waals surface area contributed by atoms with Gasteiger partial charge in [-0.1, -0.05) is 28.1 Å². The maximum atomic E-state index is 11.2. The highest BCUT2D eigenvalue weighted by Crippen LogP contribution is 2.29. The van der Waals surface area contributed by atoms with Gasteiger partial charge in [-0.05, 0) is 46.7 Å². The van der Waals surface area contributed by atoms with Gasteiger partial charge in [-0.3, -0.25) is 4.79 Å². The molecule has 0 N–H and O–H groups in total. The average Bonchev–Trinajstić information content (AvgIpc) is 2.17. The number of ketones is 1. The van der Waals surface area contributed by atoms with E-state index in [9.17, 15) is 4.79 Å². The lowest BCUT2D eigenvalue weighted by Crippen LogP contribution is -2.03. The lowest BCUT2D eigenvalue weighted by atomic mass is 10.1. The highest BCUT2D eigenvalue weighted by atomic mass is 127. The Morgan fingerprint density at radius 3 is 2.79 bits per heavy atom. The van der Waals surface area contributed by atoms with E-state index in [1.807, 2.05) is 18.2 Å². The fraction of sp³-hybridized carbons (Fsp3) is 0.300. The number of hydrogen-bond donors (Lipinski definition) is 0. The lowest BCUT2D eigenvalue weighted by Gasteiger charge is -2.10. The molecule has 1 aromatic rings. The highest BCUT2D eigenvalue weighted by molar-refractivity contribution is 14.1. The van der Waals surface area contributed by atoms with Crippen molar-refractivity contribution in [1.82, 2.24) is 0 Å². The van der Waals surface area contributed by atoms with Gasteiger partial charge in [0.05, 0.1) is 4.83 Å². The number of benzene rings is 1. The molecule has 14 heavy (non-hydrogen) atoms. The first-order valence-corrected chi connectivity index (χ1v) is 6.58. The number of carbonyl (C=O) groups excluding carboxylic acids is 1. The molecule has 0 radical (unpaired) electrons. The molecule has 4 heteroatoms. The van der Waals surface area contributed by atoms with Crippen molar-refractivity contribution in [2.45, 2.75) is 17.6 Å². The van der Waals surface area contributed by atoms with Crippen LogP contribution in [-0.4, -0.2) is 5.78 Å². The molecule has 0 aliphatic heterocycles. The number of carbonyl (C=O) groups is 1. The smallest absolute Gasteiger partial charge is 0.147 e. The molecular formula is C10H9BrClIO. The molecule has 76 valence electrons. The molecule has 0 heterocycles. The molecule has 0 aromatic heterocycles. The van der Waals surface area contributed by atoms with Crippen molar-refractivity contribution in [3.8, 4) is 0 Å². The van der Waals surface area contributed by atoms with E-state index in [2.05, 4.69) is 38.5 Å². The number of halogens is 3. The second-order valence-electron chi connectivity index (χ2n) is 2.96. The summed E-state index contributed by atoms with van der Waals surface area (Å²) in [5.74, 6) is 0.580. The Bertz CT molecular complexity index is 354. The summed E-state index contributed by atoms with van der Waals surface area (Å²) in [5, 5.41) is 0. The summed E-state index contributed by atoms with van der Waals surface area (Å²) >= 11 is 11.3. The second kappa shape index (κ2) is 5.47. The number of hydrogen-bond acceptors (Lipinski definition) is 1. The van der Waals surface area contributed by atoms with Gasteiger partial charge in [0.15, 0.2) is 0 Å². The van der Waals surface area contributed by atoms with Crippen LogP contribution in [0, 0.1) is 3.57 Å². The molecule has 0 aliphatic rings. The molecule has 1 aromatic carbocycles. The third-order valence-corrected chi connectivity index (χ3v) is 4.27. The fourth-order valence-corrected chi connectivity index (χ4v) is 2.71. The normalized spacial score (nSPS) is 12.6. The summed E-state index contributed by atoms with van der Waals surface area (Å²) in [4.78, 5) is 11.0. The van der Waals surface area contributed by atoms with Crippen LogP contribution in [0.2, 0.25) is 0 Å². The Morgan fingerprint density at radius 1 is 1.64 bits per heavy atom. The van der Waals surface area contributed by atoms with Gasteiger partial charge in [-0.15, -0.1) is 11.6 Å². The second-order valence-corrected chi connectivity index (χ2v) is 5.31. The summed E-state index contributed by atoms with van der Waals surface area (Å²) in [5.41, 5.74) is 2.03. The third-order valence-electron chi connectivity index (χ3n) is 1.84. The van der Waals surface area contributed by atoms with Crippen LogP contribution in [-0.2, 0) is 10.7 Å². The fourth-order valence-electron chi connectivity index (χ4n) is 1.09. The average molecular weight is 387 g/mol. The van der Waals surface area contributed by atoms with Crippen LogP contribution in [0.1, 0.15) is 22.9 Å². The van der Waals surface area contributed by atoms with Crippen LogP contribution in [0.15, 0.2) is 18.2 Å². The van der Waals surface area contributed by atoms with E-state index in [4.69, 9.17) is 11.6 Å². The van der Waals surface area contributed by atoms with Gasteiger partial charge in [-0.2, -0.15) is 0 Å². The molecule has 1 rings (SSSR count). The van der Waals surface area contributed by atoms with E-state index >= 15 is 0 Å². The number of alkyl halides is 2. The van der Waals surface area contributed by atoms with E-state index in [0.29, 0.717) is 5.88 Å². The molecule has 0 saturated carbocycles. The van der Waals surface area contributed by atoms with Crippen molar-refractivity contribution in [3.05, 3.63) is 32.9 Å². The summed E-state index contributed by atoms with van der Waals surface area (Å²) in [6.07, 6.45) is 0. The minimum atomic E-state index is -0.224. The molecule has 1 atom stereocenters. The predicted molar refractivity (Wildman–Crippen MR) is 71.1 cm³/mol. The Balaban J connectivity index is 3.11. The topological polar surface area (TPSA) is 17.1 Å². The van der Waals surface area contributed by atoms with Crippen LogP contribution < -0.4 is 0 Å². The molecule has 0 spiro atoms. The molecular weight excluding hydrogens is 378 g/mol. The first-order chi connectivity index (χ1) is 6.56. The summed E-state index contributed by atoms with van der Waals surface area (Å²) in [6.45, 7) is 1.57. The van der Waals surface area contributed by atoms with Crippen molar-refractivity contribution in [1.29, 1.82) is 0 Å². The summed E-state index contributed by atoms with van der Waals surface area (Å²) < 4.78 is 1.08. The quantitative estimate of drug-likeness (QED) is 0.565. The zero-order valence-electron chi connectivity index (χ0n) is 7.56. The molecule has 0 aliphatic carbocycles. The lowest BCUT2D eigenvalue weighted by molar-refractivity contribution is -0.116. The van der Waals surface area contributed by atoms with Gasteiger partial charge in [0.1, 0.15) is 5.78 Å². The Kier molecular flexibility index (Phi) is 4.87. The van der Waals surface area contributed by atoms with Crippen LogP contribution in [0.25, 0.3) is 0 Å². The minimum absolute atomic E-state index is 0.106. The largest absolute Gasteiger partial charge is 0.298 e. The molecule has 1 unspecified atom stereocenters. The first kappa shape index (κ1) is 12.5. The Hall–Kier alpha value is 0.390. The van der Waals surface area contributed by atoms with Crippen LogP contribution in [0.5, 0.6) is 0 Å². The van der Waals surface area contributed by atoms with E-state index < -0.39 is 0 Å². The zero-order chi connectivity index (χ0) is 10.7. The van der Waals surface area contributed by atoms with Crippen LogP contribution >= 0.6 is 50.1 Å². The van der Waals surface area contributed by atoms with Crippen molar-refractivity contribution in [2.24, 2.45) is 0 Å². The van der Waals surface area contributed by atoms with E-state index in [1.165, 1.54) is 0 Å². The molecule has 0 fully saturated rings. The molecule has 1 nitrogen and oxygen atoms in total. The third kappa shape index (κ3) is 2.94.